The summed E-state index contributed by atoms with van der Waals surface area (Å²) in [6.07, 6.45) is 3.93. The molecule has 0 saturated heterocycles. The minimum atomic E-state index is -0.147. The number of allylic oxidation sites excluding steroid dienone is 1. The highest BCUT2D eigenvalue weighted by atomic mass is 16.7. The van der Waals surface area contributed by atoms with E-state index in [0.717, 1.165) is 19.4 Å². The minimum Gasteiger partial charge on any atom is -0.355 e. The Balaban J connectivity index is 3.43. The van der Waals surface area contributed by atoms with Crippen LogP contribution in [0.3, 0.4) is 0 Å². The predicted molar refractivity (Wildman–Crippen MR) is 54.7 cm³/mol. The van der Waals surface area contributed by atoms with E-state index in [-0.39, 0.29) is 6.29 Å². The Morgan fingerprint density at radius 3 is 2.46 bits per heavy atom. The second kappa shape index (κ2) is 8.23. The van der Waals surface area contributed by atoms with Gasteiger partial charge in [-0.25, -0.2) is 0 Å². The van der Waals surface area contributed by atoms with Gasteiger partial charge in [0.05, 0.1) is 0 Å². The monoisotopic (exact) mass is 187 g/mol. The largest absolute Gasteiger partial charge is 0.355 e. The Labute approximate surface area is 81.1 Å². The molecule has 1 N–H and O–H groups in total. The number of rotatable bonds is 8. The van der Waals surface area contributed by atoms with Crippen molar-refractivity contribution < 1.29 is 9.47 Å². The Kier molecular flexibility index (Phi) is 7.99. The predicted octanol–water partition coefficient (Wildman–Crippen LogP) is 1.55. The van der Waals surface area contributed by atoms with Crippen molar-refractivity contribution in [1.29, 1.82) is 0 Å². The lowest BCUT2D eigenvalue weighted by Crippen LogP contribution is -2.35. The summed E-state index contributed by atoms with van der Waals surface area (Å²) in [6, 6.07) is 0.478. The third-order valence-electron chi connectivity index (χ3n) is 1.96. The summed E-state index contributed by atoms with van der Waals surface area (Å²) in [5, 5.41) is 3.32. The molecule has 1 unspecified atom stereocenters. The summed E-state index contributed by atoms with van der Waals surface area (Å²) >= 11 is 0. The molecule has 0 radical (unpaired) electrons. The first-order chi connectivity index (χ1) is 6.24. The van der Waals surface area contributed by atoms with Gasteiger partial charge in [-0.3, -0.25) is 0 Å². The highest BCUT2D eigenvalue weighted by Crippen LogP contribution is 1.97. The Bertz CT molecular complexity index is 124. The lowest BCUT2D eigenvalue weighted by Gasteiger charge is -2.18. The quantitative estimate of drug-likeness (QED) is 0.462. The van der Waals surface area contributed by atoms with Crippen LogP contribution in [0, 0.1) is 0 Å². The van der Waals surface area contributed by atoms with Crippen LogP contribution in [0.15, 0.2) is 12.7 Å². The van der Waals surface area contributed by atoms with Gasteiger partial charge in [-0.05, 0) is 19.8 Å². The summed E-state index contributed by atoms with van der Waals surface area (Å²) in [6.45, 7) is 6.56. The molecule has 0 bridgehead atoms. The molecule has 78 valence electrons. The summed E-state index contributed by atoms with van der Waals surface area (Å²) in [5.41, 5.74) is 0. The van der Waals surface area contributed by atoms with Gasteiger partial charge in [0, 0.05) is 26.8 Å². The smallest absolute Gasteiger partial charge is 0.169 e. The van der Waals surface area contributed by atoms with Gasteiger partial charge in [-0.2, -0.15) is 0 Å². The molecule has 0 aliphatic heterocycles. The Morgan fingerprint density at radius 2 is 2.00 bits per heavy atom. The van der Waals surface area contributed by atoms with Crippen LogP contribution in [0.4, 0.5) is 0 Å². The number of hydrogen-bond acceptors (Lipinski definition) is 3. The number of nitrogens with one attached hydrogen (secondary N) is 1. The van der Waals surface area contributed by atoms with Crippen LogP contribution < -0.4 is 5.32 Å². The molecule has 1 atom stereocenters. The maximum atomic E-state index is 5.05. The molecule has 0 fully saturated rings. The molecule has 3 nitrogen and oxygen atoms in total. The first-order valence-electron chi connectivity index (χ1n) is 4.64. The highest BCUT2D eigenvalue weighted by Gasteiger charge is 2.06. The Morgan fingerprint density at radius 1 is 1.38 bits per heavy atom. The maximum absolute atomic E-state index is 5.05. The summed E-state index contributed by atoms with van der Waals surface area (Å²) in [5.74, 6) is 0. The van der Waals surface area contributed by atoms with E-state index in [1.165, 1.54) is 0 Å². The van der Waals surface area contributed by atoms with Crippen molar-refractivity contribution in [3.05, 3.63) is 12.7 Å². The van der Waals surface area contributed by atoms with E-state index in [1.807, 2.05) is 6.08 Å². The molecule has 13 heavy (non-hydrogen) atoms. The molecule has 0 aromatic heterocycles. The second-order valence-electron chi connectivity index (χ2n) is 3.08. The average Bonchev–Trinajstić information content (AvgIpc) is 2.16. The molecule has 0 aromatic rings. The van der Waals surface area contributed by atoms with Gasteiger partial charge in [0.1, 0.15) is 0 Å². The van der Waals surface area contributed by atoms with Crippen molar-refractivity contribution in [2.24, 2.45) is 0 Å². The van der Waals surface area contributed by atoms with Crippen LogP contribution in [0.1, 0.15) is 19.8 Å². The van der Waals surface area contributed by atoms with Gasteiger partial charge in [0.15, 0.2) is 6.29 Å². The van der Waals surface area contributed by atoms with E-state index in [4.69, 9.17) is 9.47 Å². The number of hydrogen-bond donors (Lipinski definition) is 1. The summed E-state index contributed by atoms with van der Waals surface area (Å²) < 4.78 is 10.1. The van der Waals surface area contributed by atoms with E-state index in [9.17, 15) is 0 Å². The molecule has 0 saturated carbocycles. The standard InChI is InChI=1S/C10H21NO2/c1-5-6-7-9(2)11-8-10(12-3)13-4/h5,9-11H,1,6-8H2,2-4H3. The van der Waals surface area contributed by atoms with Gasteiger partial charge in [-0.1, -0.05) is 6.08 Å². The van der Waals surface area contributed by atoms with Crippen molar-refractivity contribution in [1.82, 2.24) is 5.32 Å². The van der Waals surface area contributed by atoms with E-state index < -0.39 is 0 Å². The third kappa shape index (κ3) is 6.75. The third-order valence-corrected chi connectivity index (χ3v) is 1.96. The van der Waals surface area contributed by atoms with Crippen LogP contribution in [0.25, 0.3) is 0 Å². The molecule has 3 heteroatoms. The van der Waals surface area contributed by atoms with Gasteiger partial charge in [0.2, 0.25) is 0 Å². The van der Waals surface area contributed by atoms with Crippen LogP contribution >= 0.6 is 0 Å². The lowest BCUT2D eigenvalue weighted by molar-refractivity contribution is -0.0997. The zero-order valence-corrected chi connectivity index (χ0v) is 8.88. The fraction of sp³-hybridized carbons (Fsp3) is 0.800. The molecule has 0 aliphatic rings. The maximum Gasteiger partial charge on any atom is 0.169 e. The topological polar surface area (TPSA) is 30.5 Å². The van der Waals surface area contributed by atoms with Gasteiger partial charge < -0.3 is 14.8 Å². The van der Waals surface area contributed by atoms with E-state index in [0.29, 0.717) is 6.04 Å². The molecule has 0 rings (SSSR count). The SMILES string of the molecule is C=CCCC(C)NCC(OC)OC. The molecule has 0 aromatic carbocycles. The first-order valence-corrected chi connectivity index (χ1v) is 4.64. The van der Waals surface area contributed by atoms with E-state index in [1.54, 1.807) is 14.2 Å². The van der Waals surface area contributed by atoms with Crippen molar-refractivity contribution in [2.45, 2.75) is 32.1 Å². The normalized spacial score (nSPS) is 13.2. The molecular formula is C10H21NO2. The minimum absolute atomic E-state index is 0.147. The van der Waals surface area contributed by atoms with Crippen LogP contribution in [0.2, 0.25) is 0 Å². The zero-order chi connectivity index (χ0) is 10.1. The molecule has 0 aliphatic carbocycles. The van der Waals surface area contributed by atoms with Crippen molar-refractivity contribution in [3.63, 3.8) is 0 Å². The Hall–Kier alpha value is -0.380. The average molecular weight is 187 g/mol. The van der Waals surface area contributed by atoms with E-state index >= 15 is 0 Å². The molecule has 0 heterocycles. The summed E-state index contributed by atoms with van der Waals surface area (Å²) in [7, 11) is 3.29. The van der Waals surface area contributed by atoms with Crippen LogP contribution in [-0.4, -0.2) is 33.1 Å². The van der Waals surface area contributed by atoms with Crippen LogP contribution in [-0.2, 0) is 9.47 Å². The molecule has 0 amide bonds. The zero-order valence-electron chi connectivity index (χ0n) is 8.88. The highest BCUT2D eigenvalue weighted by molar-refractivity contribution is 4.71. The van der Waals surface area contributed by atoms with Crippen molar-refractivity contribution in [2.75, 3.05) is 20.8 Å². The molecule has 0 spiro atoms. The summed E-state index contributed by atoms with van der Waals surface area (Å²) in [4.78, 5) is 0. The van der Waals surface area contributed by atoms with Gasteiger partial charge >= 0.3 is 0 Å². The van der Waals surface area contributed by atoms with Gasteiger partial charge in [-0.15, -0.1) is 6.58 Å². The molecular weight excluding hydrogens is 166 g/mol. The van der Waals surface area contributed by atoms with Crippen molar-refractivity contribution in [3.8, 4) is 0 Å². The lowest BCUT2D eigenvalue weighted by atomic mass is 10.2. The van der Waals surface area contributed by atoms with Crippen molar-refractivity contribution >= 4 is 0 Å². The fourth-order valence-corrected chi connectivity index (χ4v) is 1.03. The first kappa shape index (κ1) is 12.6. The number of methoxy groups -OCH3 is 2. The second-order valence-corrected chi connectivity index (χ2v) is 3.08. The fourth-order valence-electron chi connectivity index (χ4n) is 1.03. The van der Waals surface area contributed by atoms with E-state index in [2.05, 4.69) is 18.8 Å². The van der Waals surface area contributed by atoms with Crippen LogP contribution in [0.5, 0.6) is 0 Å². The van der Waals surface area contributed by atoms with Gasteiger partial charge in [0.25, 0.3) is 0 Å². The number of ether oxygens (including phenoxy) is 2.